The molecule has 638 valence electrons. The number of carbonyl (C=O) groups is 8. The van der Waals surface area contributed by atoms with E-state index in [0.717, 1.165) is 28.0 Å². The van der Waals surface area contributed by atoms with Gasteiger partial charge in [0.25, 0.3) is 5.91 Å². The maximum absolute atomic E-state index is 14.3. The van der Waals surface area contributed by atoms with Gasteiger partial charge in [0.1, 0.15) is 18.7 Å². The van der Waals surface area contributed by atoms with Gasteiger partial charge in [0.2, 0.25) is 35.9 Å². The van der Waals surface area contributed by atoms with Gasteiger partial charge in [0.05, 0.1) is 162 Å². The predicted molar refractivity (Wildman–Crippen MR) is 432 cm³/mol. The van der Waals surface area contributed by atoms with Crippen molar-refractivity contribution in [2.45, 2.75) is 182 Å². The summed E-state index contributed by atoms with van der Waals surface area (Å²) in [4.78, 5) is 113. The average Bonchev–Trinajstić information content (AvgIpc) is 1.39. The fourth-order valence-corrected chi connectivity index (χ4v) is 13.5. The number of benzene rings is 3. The molecule has 1 fully saturated rings. The Morgan fingerprint density at radius 3 is 1.71 bits per heavy atom. The first-order valence-corrected chi connectivity index (χ1v) is 40.6. The fourth-order valence-electron chi connectivity index (χ4n) is 13.5. The first-order chi connectivity index (χ1) is 55.7. The number of fused-ring (bicyclic) bond motifs is 2. The number of nitrogens with one attached hydrogen (secondary N) is 5. The van der Waals surface area contributed by atoms with Crippen LogP contribution in [0.2, 0.25) is 0 Å². The van der Waals surface area contributed by atoms with E-state index in [2.05, 4.69) is 33.5 Å². The van der Waals surface area contributed by atoms with Crippen molar-refractivity contribution < 1.29 is 105 Å². The number of aliphatic hydroxyl groups excluding tert-OH is 1. The summed E-state index contributed by atoms with van der Waals surface area (Å²) in [5.74, 6) is 0.224. The minimum atomic E-state index is -1.52. The van der Waals surface area contributed by atoms with E-state index in [4.69, 9.17) is 66.6 Å². The second kappa shape index (κ2) is 52.0. The number of hydrogen-bond donors (Lipinski definition) is 6. The molecule has 6 atom stereocenters. The molecule has 1 aliphatic carbocycles. The van der Waals surface area contributed by atoms with Crippen molar-refractivity contribution >= 4 is 71.2 Å². The molecule has 0 spiro atoms. The molecule has 3 heterocycles. The van der Waals surface area contributed by atoms with Crippen molar-refractivity contribution in [2.75, 3.05) is 156 Å². The number of hydrogen-bond acceptors (Lipinski definition) is 23. The van der Waals surface area contributed by atoms with Crippen LogP contribution in [-0.4, -0.2) is 246 Å². The summed E-state index contributed by atoms with van der Waals surface area (Å²) >= 11 is 0. The molecule has 0 saturated heterocycles. The molecule has 3 aromatic rings. The summed E-state index contributed by atoms with van der Waals surface area (Å²) < 4.78 is 74.0. The van der Waals surface area contributed by atoms with Gasteiger partial charge in [-0.3, -0.25) is 38.6 Å². The molecule has 0 aromatic heterocycles. The number of methoxy groups -OCH3 is 2. The Kier molecular flexibility index (Phi) is 42.2. The van der Waals surface area contributed by atoms with E-state index in [1.54, 1.807) is 62.5 Å². The zero-order valence-corrected chi connectivity index (χ0v) is 68.8. The number of aryl methyl sites for hydroxylation is 1. The maximum atomic E-state index is 14.3. The van der Waals surface area contributed by atoms with Crippen LogP contribution in [-0.2, 0) is 78.0 Å². The van der Waals surface area contributed by atoms with Gasteiger partial charge in [0, 0.05) is 68.8 Å². The van der Waals surface area contributed by atoms with E-state index in [0.29, 0.717) is 184 Å². The molecule has 31 heteroatoms. The Balaban J connectivity index is 0.689. The zero-order chi connectivity index (χ0) is 82.7. The second-order valence-corrected chi connectivity index (χ2v) is 29.5. The topological polar surface area (TPSA) is 359 Å². The quantitative estimate of drug-likeness (QED) is 0.0174. The van der Waals surface area contributed by atoms with E-state index < -0.39 is 54.1 Å². The summed E-state index contributed by atoms with van der Waals surface area (Å²) in [7, 11) is 3.02. The SMILES string of the molecule is COc1cc(C)c(/N=C\C2CC(C)=CN2C=O)cc1OCCCCCOc1cc2c(cc1OC)C(=O)N1C=C(C)C[C@@H]1C(O)N2C(=O)OCc1ccc(NC(=O)C(C)NC(=O)[C@@H](NC(=O)CCOCCOCCOCCOCCOCCOCCOCCOCCNC(=O)CCNC(=O)CC(C)C2CCCCCCC2)C(C)C)cc1. The summed E-state index contributed by atoms with van der Waals surface area (Å²) in [5, 5.41) is 25.9. The van der Waals surface area contributed by atoms with Crippen LogP contribution < -0.4 is 50.4 Å². The average molecular weight is 1610 g/mol. The lowest BCUT2D eigenvalue weighted by Gasteiger charge is -2.31. The highest BCUT2D eigenvalue weighted by atomic mass is 16.6. The molecule has 3 aliphatic heterocycles. The van der Waals surface area contributed by atoms with Crippen molar-refractivity contribution in [3.63, 3.8) is 0 Å². The molecule has 4 aliphatic rings. The number of aliphatic imine (C=N–C) groups is 1. The molecule has 3 aromatic carbocycles. The van der Waals surface area contributed by atoms with Gasteiger partial charge in [-0.2, -0.15) is 0 Å². The lowest BCUT2D eigenvalue weighted by molar-refractivity contribution is -0.132. The largest absolute Gasteiger partial charge is 0.493 e. The van der Waals surface area contributed by atoms with Gasteiger partial charge in [-0.1, -0.05) is 89.0 Å². The highest BCUT2D eigenvalue weighted by Gasteiger charge is 2.45. The van der Waals surface area contributed by atoms with Crippen LogP contribution in [0.4, 0.5) is 21.9 Å². The standard InChI is InChI=1S/C84H125N9O22/c1-58(2)79(90-77(96)25-30-105-32-34-107-36-38-109-40-42-111-44-45-112-43-41-110-39-37-108-35-33-106-31-27-86-76(95)24-26-85-78(97)49-61(5)65-18-14-11-10-12-15-19-65)81(99)88-63(7)80(98)89-66-22-20-64(21-23-66)56-115-84(102)93-70-52-75(73(104-9)50-68(70)82(100)92-55-60(4)47-71(92)83(93)101)114-29-17-13-16-28-113-74-51-69(62(6)48-72(74)103-8)87-53-67-46-59(3)54-91(67)57-94/h20-23,48,50-55,57-58,61,63,65,67,71,79,83,101H,10-19,24-47,49,56H2,1-9H3,(H,85,97)(H,86,95)(H,88,99)(H,89,98)(H,90,96)/b87-53-/t61?,63?,67?,71-,79+,83?/m1/s1. The Hall–Kier alpha value is -8.79. The third-order valence-electron chi connectivity index (χ3n) is 20.0. The number of anilines is 2. The number of nitrogens with zero attached hydrogens (tertiary/aromatic N) is 4. The first-order valence-electron chi connectivity index (χ1n) is 40.6. The van der Waals surface area contributed by atoms with Gasteiger partial charge in [0.15, 0.2) is 29.2 Å². The molecule has 0 bridgehead atoms. The second-order valence-electron chi connectivity index (χ2n) is 29.5. The van der Waals surface area contributed by atoms with Gasteiger partial charge in [-0.25, -0.2) is 9.69 Å². The van der Waals surface area contributed by atoms with Gasteiger partial charge >= 0.3 is 6.09 Å². The molecule has 8 amide bonds. The maximum Gasteiger partial charge on any atom is 0.416 e. The van der Waals surface area contributed by atoms with Crippen LogP contribution in [0.25, 0.3) is 0 Å². The van der Waals surface area contributed by atoms with Crippen molar-refractivity contribution in [2.24, 2.45) is 22.7 Å². The van der Waals surface area contributed by atoms with Crippen LogP contribution in [0, 0.1) is 24.7 Å². The molecule has 1 saturated carbocycles. The minimum Gasteiger partial charge on any atom is -0.493 e. The Bertz CT molecular complexity index is 3610. The summed E-state index contributed by atoms with van der Waals surface area (Å²) in [6, 6.07) is 10.3. The minimum absolute atomic E-state index is 0.00916. The summed E-state index contributed by atoms with van der Waals surface area (Å²) in [6.45, 7) is 19.9. The van der Waals surface area contributed by atoms with E-state index in [1.807, 2.05) is 39.1 Å². The lowest BCUT2D eigenvalue weighted by Crippen LogP contribution is -2.53. The number of unbranched alkanes of at least 4 members (excludes halogenated alkanes) is 2. The normalized spacial score (nSPS) is 17.1. The summed E-state index contributed by atoms with van der Waals surface area (Å²) in [5.41, 5.74) is 4.58. The first kappa shape index (κ1) is 93.4. The van der Waals surface area contributed by atoms with E-state index in [-0.39, 0.29) is 92.4 Å². The van der Waals surface area contributed by atoms with E-state index >= 15 is 0 Å². The number of amides is 8. The van der Waals surface area contributed by atoms with Crippen LogP contribution in [0.5, 0.6) is 23.0 Å². The monoisotopic (exact) mass is 1610 g/mol. The molecule has 115 heavy (non-hydrogen) atoms. The highest BCUT2D eigenvalue weighted by molar-refractivity contribution is 6.06. The summed E-state index contributed by atoms with van der Waals surface area (Å²) in [6.07, 6.45) is 16.2. The van der Waals surface area contributed by atoms with Crippen LogP contribution in [0.1, 0.15) is 159 Å². The van der Waals surface area contributed by atoms with Crippen LogP contribution >= 0.6 is 0 Å². The number of carbonyl (C=O) groups excluding carboxylic acids is 8. The van der Waals surface area contributed by atoms with Crippen molar-refractivity contribution in [3.05, 3.63) is 88.8 Å². The molecular formula is C84H125N9O22. The van der Waals surface area contributed by atoms with Gasteiger partial charge in [-0.15, -0.1) is 0 Å². The molecule has 7 rings (SSSR count). The van der Waals surface area contributed by atoms with Crippen LogP contribution in [0.15, 0.2) is 77.1 Å². The van der Waals surface area contributed by atoms with Crippen LogP contribution in [0.3, 0.4) is 0 Å². The molecule has 0 radical (unpaired) electrons. The smallest absolute Gasteiger partial charge is 0.416 e. The van der Waals surface area contributed by atoms with Crippen molar-refractivity contribution in [1.82, 2.24) is 31.1 Å². The van der Waals surface area contributed by atoms with E-state index in [9.17, 15) is 43.5 Å². The Morgan fingerprint density at radius 2 is 1.13 bits per heavy atom. The predicted octanol–water partition coefficient (Wildman–Crippen LogP) is 9.19. The Labute approximate surface area is 677 Å². The molecule has 31 nitrogen and oxygen atoms in total. The van der Waals surface area contributed by atoms with E-state index in [1.165, 1.54) is 76.0 Å². The number of rotatable bonds is 54. The zero-order valence-electron chi connectivity index (χ0n) is 68.8. The molecule has 6 N–H and O–H groups in total. The highest BCUT2D eigenvalue weighted by Crippen LogP contribution is 2.43. The number of ether oxygens (including phenoxy) is 13. The third kappa shape index (κ3) is 32.7. The van der Waals surface area contributed by atoms with Crippen molar-refractivity contribution in [3.8, 4) is 23.0 Å². The van der Waals surface area contributed by atoms with Crippen molar-refractivity contribution in [1.29, 1.82) is 0 Å². The lowest BCUT2D eigenvalue weighted by atomic mass is 9.81. The van der Waals surface area contributed by atoms with Gasteiger partial charge < -0.3 is 103 Å². The number of aliphatic hydroxyl groups is 1. The fraction of sp³-hybridized carbons (Fsp3) is 0.631. The molecule has 4 unspecified atom stereocenters. The van der Waals surface area contributed by atoms with Gasteiger partial charge in [-0.05, 0) is 113 Å². The third-order valence-corrected chi connectivity index (χ3v) is 20.0. The molecular weight excluding hydrogens is 1490 g/mol. The Morgan fingerprint density at radius 1 is 0.583 bits per heavy atom.